The summed E-state index contributed by atoms with van der Waals surface area (Å²) in [5.41, 5.74) is 1.79. The van der Waals surface area contributed by atoms with Crippen LogP contribution in [0, 0.1) is 5.92 Å². The highest BCUT2D eigenvalue weighted by Crippen LogP contribution is 2.27. The van der Waals surface area contributed by atoms with Gasteiger partial charge in [-0.1, -0.05) is 69.1 Å². The van der Waals surface area contributed by atoms with E-state index < -0.39 is 6.04 Å². The van der Waals surface area contributed by atoms with Crippen molar-refractivity contribution in [2.45, 2.75) is 53.1 Å². The van der Waals surface area contributed by atoms with Crippen LogP contribution in [0.25, 0.3) is 0 Å². The number of nitrogens with one attached hydrogen (secondary N) is 1. The zero-order valence-electron chi connectivity index (χ0n) is 19.2. The summed E-state index contributed by atoms with van der Waals surface area (Å²) in [4.78, 5) is 27.7. The molecule has 174 valence electrons. The molecule has 0 saturated carbocycles. The number of nitrogens with zero attached hydrogens (tertiary/aromatic N) is 1. The quantitative estimate of drug-likeness (QED) is 0.462. The first-order valence-electron chi connectivity index (χ1n) is 11.0. The molecule has 1 atom stereocenters. The van der Waals surface area contributed by atoms with E-state index in [2.05, 4.69) is 12.2 Å². The first-order chi connectivity index (χ1) is 15.3. The summed E-state index contributed by atoms with van der Waals surface area (Å²) in [7, 11) is 0. The summed E-state index contributed by atoms with van der Waals surface area (Å²) in [6.07, 6.45) is 1.37. The molecule has 5 nitrogen and oxygen atoms in total. The van der Waals surface area contributed by atoms with Crippen LogP contribution in [0.3, 0.4) is 0 Å². The molecule has 0 aromatic heterocycles. The summed E-state index contributed by atoms with van der Waals surface area (Å²) in [6.45, 7) is 8.44. The van der Waals surface area contributed by atoms with Crippen molar-refractivity contribution < 1.29 is 14.3 Å². The number of benzene rings is 2. The lowest BCUT2D eigenvalue weighted by Gasteiger charge is -2.31. The first-order valence-corrected chi connectivity index (χ1v) is 11.7. The highest BCUT2D eigenvalue weighted by molar-refractivity contribution is 6.36. The second-order valence-corrected chi connectivity index (χ2v) is 8.89. The van der Waals surface area contributed by atoms with E-state index in [1.807, 2.05) is 45.0 Å². The fraction of sp³-hybridized carbons (Fsp3) is 0.440. The maximum Gasteiger partial charge on any atom is 0.261 e. The number of aryl methyl sites for hydroxylation is 1. The Morgan fingerprint density at radius 3 is 2.19 bits per heavy atom. The number of carbonyl (C=O) groups excluding carboxylic acids is 2. The second-order valence-electron chi connectivity index (χ2n) is 8.07. The van der Waals surface area contributed by atoms with E-state index in [4.69, 9.17) is 27.9 Å². The number of hydrogen-bond acceptors (Lipinski definition) is 3. The molecule has 0 bridgehead atoms. The molecule has 0 heterocycles. The van der Waals surface area contributed by atoms with Crippen LogP contribution in [0.1, 0.15) is 45.2 Å². The molecule has 0 fully saturated rings. The van der Waals surface area contributed by atoms with Gasteiger partial charge in [0.05, 0.1) is 0 Å². The van der Waals surface area contributed by atoms with Crippen LogP contribution in [0.2, 0.25) is 10.0 Å². The van der Waals surface area contributed by atoms with Crippen LogP contribution < -0.4 is 10.1 Å². The standard InChI is InChI=1S/C25H32Cl2N2O3/c1-5-18-10-12-19(13-11-18)32-16-24(30)29(15-20-21(26)8-7-9-22(20)27)23(6-2)25(31)28-14-17(3)4/h7-13,17,23H,5-6,14-16H2,1-4H3,(H,28,31). The van der Waals surface area contributed by atoms with Gasteiger partial charge in [0.1, 0.15) is 11.8 Å². The Morgan fingerprint density at radius 1 is 1.03 bits per heavy atom. The number of halogens is 2. The Kier molecular flexibility index (Phi) is 10.3. The molecule has 1 N–H and O–H groups in total. The smallest absolute Gasteiger partial charge is 0.261 e. The summed E-state index contributed by atoms with van der Waals surface area (Å²) in [6, 6.07) is 12.1. The third-order valence-electron chi connectivity index (χ3n) is 5.15. The number of ether oxygens (including phenoxy) is 1. The minimum Gasteiger partial charge on any atom is -0.484 e. The Morgan fingerprint density at radius 2 is 1.66 bits per heavy atom. The Hall–Kier alpha value is -2.24. The molecular weight excluding hydrogens is 447 g/mol. The number of hydrogen-bond donors (Lipinski definition) is 1. The van der Waals surface area contributed by atoms with Gasteiger partial charge in [-0.2, -0.15) is 0 Å². The molecule has 0 spiro atoms. The van der Waals surface area contributed by atoms with Gasteiger partial charge in [0.25, 0.3) is 5.91 Å². The minimum absolute atomic E-state index is 0.114. The van der Waals surface area contributed by atoms with Crippen molar-refractivity contribution in [2.24, 2.45) is 5.92 Å². The highest BCUT2D eigenvalue weighted by atomic mass is 35.5. The van der Waals surface area contributed by atoms with E-state index in [1.165, 1.54) is 10.5 Å². The van der Waals surface area contributed by atoms with Crippen LogP contribution in [-0.2, 0) is 22.6 Å². The fourth-order valence-corrected chi connectivity index (χ4v) is 3.76. The molecule has 0 aliphatic rings. The van der Waals surface area contributed by atoms with Crippen LogP contribution in [-0.4, -0.2) is 35.9 Å². The zero-order chi connectivity index (χ0) is 23.7. The van der Waals surface area contributed by atoms with Gasteiger partial charge in [-0.15, -0.1) is 0 Å². The Bertz CT molecular complexity index is 880. The third kappa shape index (κ3) is 7.42. The van der Waals surface area contributed by atoms with Crippen molar-refractivity contribution in [1.82, 2.24) is 10.2 Å². The molecule has 0 aliphatic carbocycles. The van der Waals surface area contributed by atoms with Gasteiger partial charge in [0.15, 0.2) is 6.61 Å². The first kappa shape index (κ1) is 26.0. The molecular formula is C25H32Cl2N2O3. The topological polar surface area (TPSA) is 58.6 Å². The van der Waals surface area contributed by atoms with E-state index in [9.17, 15) is 9.59 Å². The van der Waals surface area contributed by atoms with Crippen molar-refractivity contribution in [3.63, 3.8) is 0 Å². The maximum absolute atomic E-state index is 13.2. The number of carbonyl (C=O) groups is 2. The van der Waals surface area contributed by atoms with E-state index >= 15 is 0 Å². The lowest BCUT2D eigenvalue weighted by molar-refractivity contribution is -0.143. The minimum atomic E-state index is -0.667. The van der Waals surface area contributed by atoms with Gasteiger partial charge < -0.3 is 15.0 Å². The molecule has 0 saturated heterocycles. The van der Waals surface area contributed by atoms with E-state index in [1.54, 1.807) is 18.2 Å². The third-order valence-corrected chi connectivity index (χ3v) is 5.86. The van der Waals surface area contributed by atoms with E-state index in [0.29, 0.717) is 40.2 Å². The van der Waals surface area contributed by atoms with Crippen molar-refractivity contribution in [2.75, 3.05) is 13.2 Å². The predicted octanol–water partition coefficient (Wildman–Crippen LogP) is 5.51. The summed E-state index contributed by atoms with van der Waals surface area (Å²) in [5.74, 6) is 0.383. The van der Waals surface area contributed by atoms with Gasteiger partial charge in [0.2, 0.25) is 5.91 Å². The molecule has 32 heavy (non-hydrogen) atoms. The molecule has 2 amide bonds. The van der Waals surface area contributed by atoms with Crippen LogP contribution in [0.5, 0.6) is 5.75 Å². The van der Waals surface area contributed by atoms with Gasteiger partial charge in [-0.05, 0) is 48.6 Å². The highest BCUT2D eigenvalue weighted by Gasteiger charge is 2.30. The molecule has 2 rings (SSSR count). The summed E-state index contributed by atoms with van der Waals surface area (Å²) < 4.78 is 5.73. The molecule has 1 unspecified atom stereocenters. The normalized spacial score (nSPS) is 11.8. The van der Waals surface area contributed by atoms with Crippen molar-refractivity contribution in [3.05, 3.63) is 63.6 Å². The molecule has 2 aromatic rings. The molecule has 0 radical (unpaired) electrons. The molecule has 7 heteroatoms. The van der Waals surface area contributed by atoms with Crippen molar-refractivity contribution in [3.8, 4) is 5.75 Å². The Balaban J connectivity index is 2.24. The number of amides is 2. The molecule has 0 aliphatic heterocycles. The maximum atomic E-state index is 13.2. The second kappa shape index (κ2) is 12.7. The van der Waals surface area contributed by atoms with Gasteiger partial charge in [0, 0.05) is 28.7 Å². The lowest BCUT2D eigenvalue weighted by Crippen LogP contribution is -2.50. The lowest BCUT2D eigenvalue weighted by atomic mass is 10.1. The molecule has 2 aromatic carbocycles. The summed E-state index contributed by atoms with van der Waals surface area (Å²) >= 11 is 12.7. The largest absolute Gasteiger partial charge is 0.484 e. The van der Waals surface area contributed by atoms with Gasteiger partial charge in [-0.3, -0.25) is 9.59 Å². The van der Waals surface area contributed by atoms with Crippen molar-refractivity contribution >= 4 is 35.0 Å². The van der Waals surface area contributed by atoms with Crippen LogP contribution in [0.15, 0.2) is 42.5 Å². The SMILES string of the molecule is CCc1ccc(OCC(=O)N(Cc2c(Cl)cccc2Cl)C(CC)C(=O)NCC(C)C)cc1. The van der Waals surface area contributed by atoms with Crippen molar-refractivity contribution in [1.29, 1.82) is 0 Å². The number of rotatable bonds is 11. The zero-order valence-corrected chi connectivity index (χ0v) is 20.7. The average molecular weight is 479 g/mol. The van der Waals surface area contributed by atoms with Crippen LogP contribution in [0.4, 0.5) is 0 Å². The monoisotopic (exact) mass is 478 g/mol. The van der Waals surface area contributed by atoms with E-state index in [0.717, 1.165) is 6.42 Å². The summed E-state index contributed by atoms with van der Waals surface area (Å²) in [5, 5.41) is 3.83. The van der Waals surface area contributed by atoms with Gasteiger partial charge in [-0.25, -0.2) is 0 Å². The van der Waals surface area contributed by atoms with E-state index in [-0.39, 0.29) is 25.0 Å². The Labute approximate surface area is 201 Å². The average Bonchev–Trinajstić information content (AvgIpc) is 2.78. The van der Waals surface area contributed by atoms with Crippen LogP contribution >= 0.6 is 23.2 Å². The van der Waals surface area contributed by atoms with Gasteiger partial charge >= 0.3 is 0 Å². The predicted molar refractivity (Wildman–Crippen MR) is 130 cm³/mol. The fourth-order valence-electron chi connectivity index (χ4n) is 3.25.